The van der Waals surface area contributed by atoms with Gasteiger partial charge in [-0.15, -0.1) is 0 Å². The molecule has 1 aliphatic rings. The van der Waals surface area contributed by atoms with E-state index in [-0.39, 0.29) is 30.6 Å². The minimum absolute atomic E-state index is 0.0226. The molecular formula is C20H20ClNO3. The number of ether oxygens (including phenoxy) is 1. The molecule has 5 heteroatoms. The molecule has 0 spiro atoms. The molecule has 4 nitrogen and oxygen atoms in total. The molecule has 1 N–H and O–H groups in total. The number of amides is 1. The largest absolute Gasteiger partial charge is 0.493 e. The summed E-state index contributed by atoms with van der Waals surface area (Å²) in [6.07, 6.45) is 1.05. The monoisotopic (exact) mass is 357 g/mol. The van der Waals surface area contributed by atoms with Crippen LogP contribution in [0, 0.1) is 6.92 Å². The quantitative estimate of drug-likeness (QED) is 0.814. The van der Waals surface area contributed by atoms with E-state index in [9.17, 15) is 9.59 Å². The van der Waals surface area contributed by atoms with Crippen LogP contribution >= 0.6 is 11.6 Å². The van der Waals surface area contributed by atoms with Crippen molar-refractivity contribution in [2.75, 3.05) is 6.61 Å². The Bertz CT molecular complexity index is 786. The molecule has 0 radical (unpaired) electrons. The van der Waals surface area contributed by atoms with E-state index >= 15 is 0 Å². The SMILES string of the molecule is Cc1ccc(C(=O)CCC(=O)NC2CCOc3ccc(Cl)cc32)cc1. The maximum atomic E-state index is 12.3. The first-order valence-corrected chi connectivity index (χ1v) is 8.72. The van der Waals surface area contributed by atoms with Crippen LogP contribution in [0.5, 0.6) is 5.75 Å². The van der Waals surface area contributed by atoms with Gasteiger partial charge in [0.15, 0.2) is 5.78 Å². The zero-order chi connectivity index (χ0) is 17.8. The summed E-state index contributed by atoms with van der Waals surface area (Å²) in [5, 5.41) is 3.60. The van der Waals surface area contributed by atoms with Gasteiger partial charge in [0.25, 0.3) is 0 Å². The van der Waals surface area contributed by atoms with E-state index in [1.807, 2.05) is 31.2 Å². The molecule has 2 aromatic carbocycles. The van der Waals surface area contributed by atoms with Crippen LogP contribution in [0.25, 0.3) is 0 Å². The number of carbonyl (C=O) groups excluding carboxylic acids is 2. The van der Waals surface area contributed by atoms with Crippen molar-refractivity contribution < 1.29 is 14.3 Å². The van der Waals surface area contributed by atoms with Gasteiger partial charge in [0.2, 0.25) is 5.91 Å². The molecule has 130 valence electrons. The minimum atomic E-state index is -0.140. The van der Waals surface area contributed by atoms with Gasteiger partial charge in [-0.2, -0.15) is 0 Å². The molecule has 2 aromatic rings. The maximum absolute atomic E-state index is 12.3. The summed E-state index contributed by atoms with van der Waals surface area (Å²) in [4.78, 5) is 24.4. The van der Waals surface area contributed by atoms with E-state index in [0.29, 0.717) is 23.6 Å². The lowest BCUT2D eigenvalue weighted by Crippen LogP contribution is -2.32. The number of ketones is 1. The Kier molecular flexibility index (Phi) is 5.39. The first-order valence-electron chi connectivity index (χ1n) is 8.34. The van der Waals surface area contributed by atoms with Crippen LogP contribution in [0.3, 0.4) is 0 Å². The van der Waals surface area contributed by atoms with Gasteiger partial charge in [0, 0.05) is 35.4 Å². The van der Waals surface area contributed by atoms with E-state index in [0.717, 1.165) is 16.9 Å². The summed E-state index contributed by atoms with van der Waals surface area (Å²) in [5.41, 5.74) is 2.63. The van der Waals surface area contributed by atoms with Gasteiger partial charge in [-0.05, 0) is 25.1 Å². The molecule has 0 saturated heterocycles. The van der Waals surface area contributed by atoms with Gasteiger partial charge >= 0.3 is 0 Å². The van der Waals surface area contributed by atoms with E-state index in [1.165, 1.54) is 0 Å². The van der Waals surface area contributed by atoms with E-state index in [2.05, 4.69) is 5.32 Å². The van der Waals surface area contributed by atoms with Crippen LogP contribution in [-0.2, 0) is 4.79 Å². The Morgan fingerprint density at radius 3 is 2.68 bits per heavy atom. The second-order valence-electron chi connectivity index (χ2n) is 6.23. The van der Waals surface area contributed by atoms with Crippen molar-refractivity contribution >= 4 is 23.3 Å². The second kappa shape index (κ2) is 7.70. The van der Waals surface area contributed by atoms with Crippen molar-refractivity contribution in [1.82, 2.24) is 5.32 Å². The average molecular weight is 358 g/mol. The lowest BCUT2D eigenvalue weighted by atomic mass is 10.00. The average Bonchev–Trinajstić information content (AvgIpc) is 2.61. The summed E-state index contributed by atoms with van der Waals surface area (Å²) in [7, 11) is 0. The van der Waals surface area contributed by atoms with Crippen molar-refractivity contribution in [3.63, 3.8) is 0 Å². The number of hydrogen-bond acceptors (Lipinski definition) is 3. The van der Waals surface area contributed by atoms with Crippen molar-refractivity contribution in [1.29, 1.82) is 0 Å². The maximum Gasteiger partial charge on any atom is 0.220 e. The number of rotatable bonds is 5. The molecule has 1 amide bonds. The smallest absolute Gasteiger partial charge is 0.220 e. The van der Waals surface area contributed by atoms with Gasteiger partial charge < -0.3 is 10.1 Å². The van der Waals surface area contributed by atoms with Crippen LogP contribution < -0.4 is 10.1 Å². The molecule has 0 aromatic heterocycles. The minimum Gasteiger partial charge on any atom is -0.493 e. The van der Waals surface area contributed by atoms with E-state index < -0.39 is 0 Å². The molecule has 25 heavy (non-hydrogen) atoms. The highest BCUT2D eigenvalue weighted by atomic mass is 35.5. The number of aryl methyl sites for hydroxylation is 1. The number of benzene rings is 2. The highest BCUT2D eigenvalue weighted by Gasteiger charge is 2.23. The van der Waals surface area contributed by atoms with Gasteiger partial charge in [-0.1, -0.05) is 41.4 Å². The summed E-state index contributed by atoms with van der Waals surface area (Å²) in [6, 6.07) is 12.7. The van der Waals surface area contributed by atoms with Crippen molar-refractivity contribution in [2.45, 2.75) is 32.2 Å². The fourth-order valence-electron chi connectivity index (χ4n) is 2.89. The Labute approximate surface area is 152 Å². The molecule has 0 saturated carbocycles. The van der Waals surface area contributed by atoms with E-state index in [1.54, 1.807) is 18.2 Å². The molecule has 1 heterocycles. The normalized spacial score (nSPS) is 15.8. The topological polar surface area (TPSA) is 55.4 Å². The first-order chi connectivity index (χ1) is 12.0. The van der Waals surface area contributed by atoms with Crippen LogP contribution in [0.1, 0.15) is 46.8 Å². The third-order valence-corrected chi connectivity index (χ3v) is 4.53. The predicted molar refractivity (Wildman–Crippen MR) is 97.2 cm³/mol. The van der Waals surface area contributed by atoms with Crippen molar-refractivity contribution in [3.05, 3.63) is 64.2 Å². The zero-order valence-corrected chi connectivity index (χ0v) is 14.8. The fourth-order valence-corrected chi connectivity index (χ4v) is 3.07. The van der Waals surface area contributed by atoms with Gasteiger partial charge in [0.05, 0.1) is 12.6 Å². The Balaban J connectivity index is 1.58. The number of nitrogens with one attached hydrogen (secondary N) is 1. The summed E-state index contributed by atoms with van der Waals surface area (Å²) < 4.78 is 5.59. The highest BCUT2D eigenvalue weighted by Crippen LogP contribution is 2.34. The lowest BCUT2D eigenvalue weighted by Gasteiger charge is -2.26. The number of halogens is 1. The van der Waals surface area contributed by atoms with Gasteiger partial charge in [-0.25, -0.2) is 0 Å². The molecule has 1 aliphatic heterocycles. The number of carbonyl (C=O) groups is 2. The molecule has 0 aliphatic carbocycles. The number of hydrogen-bond donors (Lipinski definition) is 1. The molecule has 0 bridgehead atoms. The number of fused-ring (bicyclic) bond motifs is 1. The summed E-state index contributed by atoms with van der Waals surface area (Å²) in [5.74, 6) is 0.584. The predicted octanol–water partition coefficient (Wildman–Crippen LogP) is 4.25. The Morgan fingerprint density at radius 2 is 1.92 bits per heavy atom. The zero-order valence-electron chi connectivity index (χ0n) is 14.0. The third-order valence-electron chi connectivity index (χ3n) is 4.30. The Morgan fingerprint density at radius 1 is 1.16 bits per heavy atom. The number of Topliss-reactive ketones (excluding diaryl/α,β-unsaturated/α-hetero) is 1. The van der Waals surface area contributed by atoms with Crippen LogP contribution in [-0.4, -0.2) is 18.3 Å². The molecular weight excluding hydrogens is 338 g/mol. The van der Waals surface area contributed by atoms with Crippen molar-refractivity contribution in [2.24, 2.45) is 0 Å². The Hall–Kier alpha value is -2.33. The molecule has 1 unspecified atom stereocenters. The van der Waals surface area contributed by atoms with Gasteiger partial charge in [0.1, 0.15) is 5.75 Å². The fraction of sp³-hybridized carbons (Fsp3) is 0.300. The standard InChI is InChI=1S/C20H20ClNO3/c1-13-2-4-14(5-3-13)18(23)7-9-20(24)22-17-10-11-25-19-8-6-15(21)12-16(17)19/h2-6,8,12,17H,7,9-11H2,1H3,(H,22,24). The van der Waals surface area contributed by atoms with Crippen molar-refractivity contribution in [3.8, 4) is 5.75 Å². The van der Waals surface area contributed by atoms with Crippen LogP contribution in [0.2, 0.25) is 5.02 Å². The third kappa shape index (κ3) is 4.40. The second-order valence-corrected chi connectivity index (χ2v) is 6.67. The van der Waals surface area contributed by atoms with Crippen LogP contribution in [0.4, 0.5) is 0 Å². The molecule has 1 atom stereocenters. The molecule has 0 fully saturated rings. The lowest BCUT2D eigenvalue weighted by molar-refractivity contribution is -0.122. The highest BCUT2D eigenvalue weighted by molar-refractivity contribution is 6.30. The molecule has 3 rings (SSSR count). The first kappa shape index (κ1) is 17.5. The summed E-state index contributed by atoms with van der Waals surface area (Å²) in [6.45, 7) is 2.52. The summed E-state index contributed by atoms with van der Waals surface area (Å²) >= 11 is 6.05. The van der Waals surface area contributed by atoms with Gasteiger partial charge in [-0.3, -0.25) is 9.59 Å². The van der Waals surface area contributed by atoms with E-state index in [4.69, 9.17) is 16.3 Å². The van der Waals surface area contributed by atoms with Crippen LogP contribution in [0.15, 0.2) is 42.5 Å².